The van der Waals surface area contributed by atoms with Gasteiger partial charge in [-0.05, 0) is 30.4 Å². The molecule has 0 heterocycles. The van der Waals surface area contributed by atoms with Gasteiger partial charge in [0, 0.05) is 17.6 Å². The molecule has 0 aromatic heterocycles. The van der Waals surface area contributed by atoms with Gasteiger partial charge in [0.05, 0.1) is 12.6 Å². The quantitative estimate of drug-likeness (QED) is 0.780. The van der Waals surface area contributed by atoms with Crippen molar-refractivity contribution in [3.63, 3.8) is 0 Å². The highest BCUT2D eigenvalue weighted by Crippen LogP contribution is 2.26. The zero-order chi connectivity index (χ0) is 18.4. The first-order valence-electron chi connectivity index (χ1n) is 8.96. The van der Waals surface area contributed by atoms with Crippen LogP contribution in [0.25, 0.3) is 0 Å². The van der Waals surface area contributed by atoms with E-state index >= 15 is 0 Å². The monoisotopic (exact) mass is 365 g/mol. The molecule has 1 saturated carbocycles. The van der Waals surface area contributed by atoms with Gasteiger partial charge >= 0.3 is 0 Å². The first-order valence-corrected chi connectivity index (χ1v) is 9.34. The van der Waals surface area contributed by atoms with Crippen LogP contribution in [0, 0.1) is 5.92 Å². The molecule has 0 unspecified atom stereocenters. The summed E-state index contributed by atoms with van der Waals surface area (Å²) in [5.41, 5.74) is 6.76. The molecule has 0 saturated heterocycles. The number of carbonyl (C=O) groups excluding carboxylic acids is 2. The number of amides is 2. The second-order valence-corrected chi connectivity index (χ2v) is 7.45. The zero-order valence-electron chi connectivity index (χ0n) is 15.0. The van der Waals surface area contributed by atoms with Gasteiger partial charge in [0.15, 0.2) is 0 Å². The van der Waals surface area contributed by atoms with E-state index in [4.69, 9.17) is 17.3 Å². The standard InChI is InChI=1S/C19H28ClN3O2/c1-13(2)18(21)19(25)22-11-17(24)23(15-8-4-5-9-15)12-14-7-3-6-10-16(14)20/h3,6-7,10,13,15,18H,4-5,8-9,11-12,21H2,1-2H3,(H,22,25)/t18-/m0/s1. The summed E-state index contributed by atoms with van der Waals surface area (Å²) >= 11 is 6.26. The number of nitrogens with zero attached hydrogens (tertiary/aromatic N) is 1. The smallest absolute Gasteiger partial charge is 0.242 e. The van der Waals surface area contributed by atoms with Gasteiger partial charge in [-0.1, -0.05) is 56.5 Å². The maximum atomic E-state index is 12.8. The third-order valence-electron chi connectivity index (χ3n) is 4.82. The van der Waals surface area contributed by atoms with Crippen molar-refractivity contribution in [2.24, 2.45) is 11.7 Å². The van der Waals surface area contributed by atoms with Crippen molar-refractivity contribution in [3.8, 4) is 0 Å². The first-order chi connectivity index (χ1) is 11.9. The molecule has 2 rings (SSSR count). The summed E-state index contributed by atoms with van der Waals surface area (Å²) in [7, 11) is 0. The number of nitrogens with one attached hydrogen (secondary N) is 1. The molecular weight excluding hydrogens is 338 g/mol. The molecule has 1 aromatic rings. The zero-order valence-corrected chi connectivity index (χ0v) is 15.8. The van der Waals surface area contributed by atoms with Gasteiger partial charge in [-0.2, -0.15) is 0 Å². The Morgan fingerprint density at radius 1 is 1.28 bits per heavy atom. The summed E-state index contributed by atoms with van der Waals surface area (Å²) < 4.78 is 0. The third-order valence-corrected chi connectivity index (χ3v) is 5.19. The molecule has 1 aliphatic rings. The average Bonchev–Trinajstić information content (AvgIpc) is 3.12. The summed E-state index contributed by atoms with van der Waals surface area (Å²) in [6, 6.07) is 7.17. The summed E-state index contributed by atoms with van der Waals surface area (Å²) in [6.07, 6.45) is 4.24. The second kappa shape index (κ2) is 9.20. The van der Waals surface area contributed by atoms with Gasteiger partial charge in [0.2, 0.25) is 11.8 Å². The number of rotatable bonds is 7. The van der Waals surface area contributed by atoms with Gasteiger partial charge in [0.25, 0.3) is 0 Å². The van der Waals surface area contributed by atoms with Crippen molar-refractivity contribution in [1.82, 2.24) is 10.2 Å². The van der Waals surface area contributed by atoms with E-state index in [2.05, 4.69) is 5.32 Å². The minimum Gasteiger partial charge on any atom is -0.346 e. The van der Waals surface area contributed by atoms with Gasteiger partial charge in [-0.25, -0.2) is 0 Å². The van der Waals surface area contributed by atoms with Gasteiger partial charge in [0.1, 0.15) is 0 Å². The first kappa shape index (κ1) is 19.7. The summed E-state index contributed by atoms with van der Waals surface area (Å²) in [6.45, 7) is 4.21. The van der Waals surface area contributed by atoms with Crippen molar-refractivity contribution >= 4 is 23.4 Å². The molecule has 138 valence electrons. The Labute approximate surface area is 154 Å². The molecule has 1 aliphatic carbocycles. The molecule has 1 aromatic carbocycles. The molecule has 0 bridgehead atoms. The number of hydrogen-bond donors (Lipinski definition) is 2. The van der Waals surface area contributed by atoms with Crippen LogP contribution >= 0.6 is 11.6 Å². The van der Waals surface area contributed by atoms with E-state index in [0.717, 1.165) is 31.2 Å². The Bertz CT molecular complexity index is 600. The molecule has 0 aliphatic heterocycles. The largest absolute Gasteiger partial charge is 0.346 e. The summed E-state index contributed by atoms with van der Waals surface area (Å²) in [4.78, 5) is 26.6. The minimum atomic E-state index is -0.601. The second-order valence-electron chi connectivity index (χ2n) is 7.04. The van der Waals surface area contributed by atoms with Crippen molar-refractivity contribution < 1.29 is 9.59 Å². The van der Waals surface area contributed by atoms with Crippen LogP contribution in [0.15, 0.2) is 24.3 Å². The molecule has 2 amide bonds. The van der Waals surface area contributed by atoms with Crippen LogP contribution in [-0.2, 0) is 16.1 Å². The van der Waals surface area contributed by atoms with Crippen LogP contribution in [-0.4, -0.2) is 35.3 Å². The van der Waals surface area contributed by atoms with Crippen LogP contribution in [0.5, 0.6) is 0 Å². The van der Waals surface area contributed by atoms with E-state index in [1.807, 2.05) is 43.0 Å². The van der Waals surface area contributed by atoms with E-state index in [0.29, 0.717) is 11.6 Å². The number of halogens is 1. The molecule has 0 radical (unpaired) electrons. The lowest BCUT2D eigenvalue weighted by molar-refractivity contribution is -0.135. The molecule has 0 spiro atoms. The highest BCUT2D eigenvalue weighted by Gasteiger charge is 2.28. The van der Waals surface area contributed by atoms with Gasteiger partial charge in [-0.3, -0.25) is 9.59 Å². The Morgan fingerprint density at radius 2 is 1.92 bits per heavy atom. The van der Waals surface area contributed by atoms with E-state index in [-0.39, 0.29) is 30.3 Å². The fourth-order valence-corrected chi connectivity index (χ4v) is 3.33. The normalized spacial score (nSPS) is 16.0. The Morgan fingerprint density at radius 3 is 2.52 bits per heavy atom. The maximum absolute atomic E-state index is 12.8. The van der Waals surface area contributed by atoms with Crippen molar-refractivity contribution in [3.05, 3.63) is 34.9 Å². The fourth-order valence-electron chi connectivity index (χ4n) is 3.13. The van der Waals surface area contributed by atoms with E-state index in [1.165, 1.54) is 0 Å². The highest BCUT2D eigenvalue weighted by molar-refractivity contribution is 6.31. The van der Waals surface area contributed by atoms with E-state index in [1.54, 1.807) is 0 Å². The van der Waals surface area contributed by atoms with Gasteiger partial charge < -0.3 is 16.0 Å². The van der Waals surface area contributed by atoms with E-state index < -0.39 is 6.04 Å². The lowest BCUT2D eigenvalue weighted by Crippen LogP contribution is -2.49. The van der Waals surface area contributed by atoms with Crippen molar-refractivity contribution in [2.45, 2.75) is 58.2 Å². The molecule has 3 N–H and O–H groups in total. The molecule has 1 atom stereocenters. The number of nitrogens with two attached hydrogens (primary N) is 1. The van der Waals surface area contributed by atoms with Crippen molar-refractivity contribution in [1.29, 1.82) is 0 Å². The molecular formula is C19H28ClN3O2. The molecule has 25 heavy (non-hydrogen) atoms. The number of carbonyl (C=O) groups is 2. The maximum Gasteiger partial charge on any atom is 0.242 e. The van der Waals surface area contributed by atoms with Crippen LogP contribution in [0.2, 0.25) is 5.02 Å². The number of benzene rings is 1. The lowest BCUT2D eigenvalue weighted by Gasteiger charge is -2.30. The van der Waals surface area contributed by atoms with Crippen LogP contribution in [0.1, 0.15) is 45.1 Å². The fraction of sp³-hybridized carbons (Fsp3) is 0.579. The third kappa shape index (κ3) is 5.44. The lowest BCUT2D eigenvalue weighted by atomic mass is 10.1. The Hall–Kier alpha value is -1.59. The molecule has 5 nitrogen and oxygen atoms in total. The van der Waals surface area contributed by atoms with Crippen LogP contribution < -0.4 is 11.1 Å². The summed E-state index contributed by atoms with van der Waals surface area (Å²) in [5, 5.41) is 3.34. The molecule has 1 fully saturated rings. The van der Waals surface area contributed by atoms with Gasteiger partial charge in [-0.15, -0.1) is 0 Å². The number of hydrogen-bond acceptors (Lipinski definition) is 3. The topological polar surface area (TPSA) is 75.4 Å². The Kier molecular flexibility index (Phi) is 7.26. The van der Waals surface area contributed by atoms with E-state index in [9.17, 15) is 9.59 Å². The minimum absolute atomic E-state index is 0.0276. The summed E-state index contributed by atoms with van der Waals surface area (Å²) in [5.74, 6) is -0.340. The SMILES string of the molecule is CC(C)[C@H](N)C(=O)NCC(=O)N(Cc1ccccc1Cl)C1CCCC1. The van der Waals surface area contributed by atoms with Crippen LogP contribution in [0.3, 0.4) is 0 Å². The highest BCUT2D eigenvalue weighted by atomic mass is 35.5. The predicted octanol–water partition coefficient (Wildman–Crippen LogP) is 2.71. The predicted molar refractivity (Wildman–Crippen MR) is 100 cm³/mol. The molecule has 6 heteroatoms. The van der Waals surface area contributed by atoms with Crippen LogP contribution in [0.4, 0.5) is 0 Å². The average molecular weight is 366 g/mol. The Balaban J connectivity index is 2.03. The van der Waals surface area contributed by atoms with Crippen molar-refractivity contribution in [2.75, 3.05) is 6.54 Å².